The summed E-state index contributed by atoms with van der Waals surface area (Å²) >= 11 is 0. The number of hydrogen-bond donors (Lipinski definition) is 3. The highest BCUT2D eigenvalue weighted by Gasteiger charge is 2.15. The summed E-state index contributed by atoms with van der Waals surface area (Å²) in [6, 6.07) is 9.21. The van der Waals surface area contributed by atoms with E-state index in [0.717, 1.165) is 16.3 Å². The number of nitrogens with zero attached hydrogens (tertiary/aromatic N) is 1. The predicted molar refractivity (Wildman–Crippen MR) is 85.1 cm³/mol. The summed E-state index contributed by atoms with van der Waals surface area (Å²) in [5.41, 5.74) is 2.06. The number of benzene rings is 1. The number of carbonyl (C=O) groups excluding carboxylic acids is 1. The lowest BCUT2D eigenvalue weighted by molar-refractivity contribution is 0.0529. The predicted octanol–water partition coefficient (Wildman–Crippen LogP) is 2.30. The largest absolute Gasteiger partial charge is 0.462 e. The fourth-order valence-corrected chi connectivity index (χ4v) is 2.49. The van der Waals surface area contributed by atoms with Crippen LogP contribution in [0.5, 0.6) is 0 Å². The van der Waals surface area contributed by atoms with Gasteiger partial charge in [0.05, 0.1) is 18.8 Å². The molecule has 3 rings (SSSR count). The Kier molecular flexibility index (Phi) is 3.93. The fourth-order valence-electron chi connectivity index (χ4n) is 2.49. The van der Waals surface area contributed by atoms with Gasteiger partial charge in [0, 0.05) is 22.8 Å². The van der Waals surface area contributed by atoms with Crippen LogP contribution >= 0.6 is 0 Å². The second-order valence-corrected chi connectivity index (χ2v) is 4.82. The zero-order valence-corrected chi connectivity index (χ0v) is 12.2. The highest BCUT2D eigenvalue weighted by molar-refractivity contribution is 6.15. The number of H-pyrrole nitrogens is 1. The third-order valence-corrected chi connectivity index (χ3v) is 3.40. The molecule has 0 amide bonds. The lowest BCUT2D eigenvalue weighted by Crippen LogP contribution is -2.06. The lowest BCUT2D eigenvalue weighted by atomic mass is 10.1. The molecule has 0 spiro atoms. The maximum atomic E-state index is 12.1. The van der Waals surface area contributed by atoms with E-state index < -0.39 is 0 Å². The van der Waals surface area contributed by atoms with E-state index in [1.54, 1.807) is 13.0 Å². The van der Waals surface area contributed by atoms with Gasteiger partial charge in [-0.05, 0) is 31.2 Å². The van der Waals surface area contributed by atoms with Crippen molar-refractivity contribution in [1.29, 1.82) is 0 Å². The normalized spacial score (nSPS) is 11.0. The van der Waals surface area contributed by atoms with Gasteiger partial charge < -0.3 is 20.1 Å². The van der Waals surface area contributed by atoms with Crippen LogP contribution in [0, 0.1) is 0 Å². The topological polar surface area (TPSA) is 87.2 Å². The van der Waals surface area contributed by atoms with Crippen LogP contribution in [0.25, 0.3) is 21.9 Å². The minimum Gasteiger partial charge on any atom is -0.462 e. The Bertz CT molecular complexity index is 826. The molecule has 0 aliphatic carbocycles. The van der Waals surface area contributed by atoms with Crippen molar-refractivity contribution in [2.75, 3.05) is 25.1 Å². The van der Waals surface area contributed by atoms with Crippen LogP contribution in [-0.4, -0.2) is 40.8 Å². The van der Waals surface area contributed by atoms with Crippen molar-refractivity contribution in [3.05, 3.63) is 35.9 Å². The first-order valence-electron chi connectivity index (χ1n) is 7.18. The second kappa shape index (κ2) is 6.03. The van der Waals surface area contributed by atoms with Gasteiger partial charge in [0.2, 0.25) is 0 Å². The molecule has 2 heterocycles. The summed E-state index contributed by atoms with van der Waals surface area (Å²) < 4.78 is 5.12. The Balaban J connectivity index is 2.14. The van der Waals surface area contributed by atoms with Crippen LogP contribution in [0.4, 0.5) is 5.82 Å². The third kappa shape index (κ3) is 2.48. The van der Waals surface area contributed by atoms with Gasteiger partial charge >= 0.3 is 5.97 Å². The van der Waals surface area contributed by atoms with Crippen LogP contribution in [0.2, 0.25) is 0 Å². The molecular weight excluding hydrogens is 282 g/mol. The van der Waals surface area contributed by atoms with Gasteiger partial charge in [0.15, 0.2) is 0 Å². The molecule has 3 N–H and O–H groups in total. The quantitative estimate of drug-likeness (QED) is 0.629. The minimum atomic E-state index is -0.337. The Morgan fingerprint density at radius 1 is 1.36 bits per heavy atom. The van der Waals surface area contributed by atoms with E-state index >= 15 is 0 Å². The average molecular weight is 299 g/mol. The van der Waals surface area contributed by atoms with Crippen molar-refractivity contribution in [3.8, 4) is 0 Å². The number of esters is 1. The summed E-state index contributed by atoms with van der Waals surface area (Å²) in [6.07, 6.45) is 0. The van der Waals surface area contributed by atoms with Crippen molar-refractivity contribution in [2.24, 2.45) is 0 Å². The van der Waals surface area contributed by atoms with Gasteiger partial charge in [0.1, 0.15) is 11.5 Å². The first-order chi connectivity index (χ1) is 10.7. The van der Waals surface area contributed by atoms with Crippen LogP contribution in [-0.2, 0) is 4.74 Å². The number of rotatable bonds is 5. The number of carbonyl (C=O) groups is 1. The molecule has 1 aromatic carbocycles. The fraction of sp³-hybridized carbons (Fsp3) is 0.250. The van der Waals surface area contributed by atoms with Crippen LogP contribution in [0.15, 0.2) is 30.3 Å². The van der Waals surface area contributed by atoms with Crippen molar-refractivity contribution in [3.63, 3.8) is 0 Å². The molecule has 6 heteroatoms. The molecule has 0 unspecified atom stereocenters. The molecule has 6 nitrogen and oxygen atoms in total. The highest BCUT2D eigenvalue weighted by Crippen LogP contribution is 2.28. The molecule has 22 heavy (non-hydrogen) atoms. The maximum absolute atomic E-state index is 12.1. The van der Waals surface area contributed by atoms with Gasteiger partial charge in [-0.1, -0.05) is 6.07 Å². The Labute approximate surface area is 127 Å². The molecular formula is C16H17N3O3. The van der Waals surface area contributed by atoms with E-state index in [-0.39, 0.29) is 12.6 Å². The molecule has 114 valence electrons. The Morgan fingerprint density at radius 2 is 2.23 bits per heavy atom. The first-order valence-corrected chi connectivity index (χ1v) is 7.18. The van der Waals surface area contributed by atoms with Crippen molar-refractivity contribution < 1.29 is 14.6 Å². The highest BCUT2D eigenvalue weighted by atomic mass is 16.5. The molecule has 0 aliphatic heterocycles. The van der Waals surface area contributed by atoms with Crippen molar-refractivity contribution >= 4 is 33.7 Å². The summed E-state index contributed by atoms with van der Waals surface area (Å²) in [5, 5.41) is 13.6. The van der Waals surface area contributed by atoms with Crippen molar-refractivity contribution in [1.82, 2.24) is 9.97 Å². The number of aliphatic hydroxyl groups is 1. The number of aromatic nitrogens is 2. The number of fused-ring (bicyclic) bond motifs is 3. The number of ether oxygens (including phenoxy) is 1. The van der Waals surface area contributed by atoms with E-state index in [2.05, 4.69) is 15.3 Å². The van der Waals surface area contributed by atoms with Crippen LogP contribution in [0.3, 0.4) is 0 Å². The SMILES string of the molecule is CCOC(=O)c1cccc2[nH]c3nc(NCCO)ccc3c12. The number of aromatic amines is 1. The number of nitrogens with one attached hydrogen (secondary N) is 2. The lowest BCUT2D eigenvalue weighted by Gasteiger charge is -2.04. The maximum Gasteiger partial charge on any atom is 0.338 e. The zero-order valence-electron chi connectivity index (χ0n) is 12.2. The standard InChI is InChI=1S/C16H17N3O3/c1-2-22-16(21)11-4-3-5-12-14(11)10-6-7-13(17-8-9-20)19-15(10)18-12/h3-7,20H,2,8-9H2,1H3,(H2,17,18,19). The molecule has 2 aromatic heterocycles. The van der Waals surface area contributed by atoms with Crippen LogP contribution in [0.1, 0.15) is 17.3 Å². The van der Waals surface area contributed by atoms with Gasteiger partial charge in [0.25, 0.3) is 0 Å². The van der Waals surface area contributed by atoms with E-state index in [1.807, 2.05) is 24.3 Å². The van der Waals surface area contributed by atoms with Crippen molar-refractivity contribution in [2.45, 2.75) is 6.92 Å². The smallest absolute Gasteiger partial charge is 0.338 e. The number of anilines is 1. The van der Waals surface area contributed by atoms with Gasteiger partial charge in [-0.2, -0.15) is 0 Å². The summed E-state index contributed by atoms with van der Waals surface area (Å²) in [6.45, 7) is 2.60. The van der Waals surface area contributed by atoms with E-state index in [0.29, 0.717) is 30.2 Å². The molecule has 0 radical (unpaired) electrons. The number of pyridine rings is 1. The summed E-state index contributed by atoms with van der Waals surface area (Å²) in [7, 11) is 0. The Morgan fingerprint density at radius 3 is 3.00 bits per heavy atom. The Hall–Kier alpha value is -2.60. The molecule has 0 fully saturated rings. The van der Waals surface area contributed by atoms with Gasteiger partial charge in [-0.3, -0.25) is 0 Å². The average Bonchev–Trinajstić information content (AvgIpc) is 2.90. The summed E-state index contributed by atoms with van der Waals surface area (Å²) in [5.74, 6) is 0.335. The van der Waals surface area contributed by atoms with Crippen LogP contribution < -0.4 is 5.32 Å². The molecule has 3 aromatic rings. The number of aliphatic hydroxyl groups excluding tert-OH is 1. The van der Waals surface area contributed by atoms with Gasteiger partial charge in [-0.25, -0.2) is 9.78 Å². The van der Waals surface area contributed by atoms with Gasteiger partial charge in [-0.15, -0.1) is 0 Å². The molecule has 0 saturated heterocycles. The third-order valence-electron chi connectivity index (χ3n) is 3.40. The van der Waals surface area contributed by atoms with E-state index in [4.69, 9.17) is 9.84 Å². The minimum absolute atomic E-state index is 0.0411. The van der Waals surface area contributed by atoms with E-state index in [1.165, 1.54) is 0 Å². The molecule has 0 aliphatic rings. The second-order valence-electron chi connectivity index (χ2n) is 4.82. The number of hydrogen-bond acceptors (Lipinski definition) is 5. The first kappa shape index (κ1) is 14.3. The van der Waals surface area contributed by atoms with E-state index in [9.17, 15) is 4.79 Å². The molecule has 0 saturated carbocycles. The monoisotopic (exact) mass is 299 g/mol. The molecule has 0 atom stereocenters. The summed E-state index contributed by atoms with van der Waals surface area (Å²) in [4.78, 5) is 19.8. The molecule has 0 bridgehead atoms. The zero-order chi connectivity index (χ0) is 15.5.